The van der Waals surface area contributed by atoms with Gasteiger partial charge in [0.25, 0.3) is 5.91 Å². The molecule has 0 bridgehead atoms. The van der Waals surface area contributed by atoms with E-state index in [1.165, 1.54) is 49.6 Å². The second kappa shape index (κ2) is 10.4. The Bertz CT molecular complexity index is 983. The topological polar surface area (TPSA) is 114 Å². The second-order valence-corrected chi connectivity index (χ2v) is 8.46. The number of rotatable bonds is 8. The Labute approximate surface area is 176 Å². The fraction of sp³-hybridized carbons (Fsp3) is 0.222. The standard InChI is InChI=1S/C18H19BrFN3O5S/c1-28-9-8-21-29(26,27)14-6-7-16(19)15(11-14)18(25)23-22-17(24)10-12-2-4-13(20)5-3-12/h2-7,11,21H,8-10H2,1H3,(H,22,24)(H,23,25). The van der Waals surface area contributed by atoms with E-state index >= 15 is 0 Å². The van der Waals surface area contributed by atoms with Gasteiger partial charge < -0.3 is 4.74 Å². The zero-order valence-corrected chi connectivity index (χ0v) is 17.8. The third-order valence-electron chi connectivity index (χ3n) is 3.68. The fourth-order valence-corrected chi connectivity index (χ4v) is 3.70. The highest BCUT2D eigenvalue weighted by atomic mass is 79.9. The van der Waals surface area contributed by atoms with Crippen LogP contribution in [-0.2, 0) is 26.0 Å². The number of benzene rings is 2. The molecule has 2 rings (SSSR count). The summed E-state index contributed by atoms with van der Waals surface area (Å²) < 4.78 is 44.9. The molecule has 0 aliphatic carbocycles. The zero-order valence-electron chi connectivity index (χ0n) is 15.4. The first kappa shape index (κ1) is 22.9. The molecule has 0 aliphatic heterocycles. The van der Waals surface area contributed by atoms with E-state index in [1.54, 1.807) is 0 Å². The molecule has 29 heavy (non-hydrogen) atoms. The van der Waals surface area contributed by atoms with Crippen molar-refractivity contribution >= 4 is 37.8 Å². The summed E-state index contributed by atoms with van der Waals surface area (Å²) in [6.07, 6.45) is -0.0699. The van der Waals surface area contributed by atoms with Gasteiger partial charge >= 0.3 is 0 Å². The number of halogens is 2. The number of sulfonamides is 1. The van der Waals surface area contributed by atoms with Crippen LogP contribution in [0.4, 0.5) is 4.39 Å². The molecule has 156 valence electrons. The third kappa shape index (κ3) is 6.89. The normalized spacial score (nSPS) is 11.1. The lowest BCUT2D eigenvalue weighted by Gasteiger charge is -2.11. The molecule has 0 fully saturated rings. The number of ether oxygens (including phenoxy) is 1. The Morgan fingerprint density at radius 2 is 1.79 bits per heavy atom. The Morgan fingerprint density at radius 3 is 2.45 bits per heavy atom. The van der Waals surface area contributed by atoms with Crippen LogP contribution in [0.2, 0.25) is 0 Å². The monoisotopic (exact) mass is 487 g/mol. The first-order valence-corrected chi connectivity index (χ1v) is 10.6. The molecule has 2 aromatic rings. The van der Waals surface area contributed by atoms with Gasteiger partial charge in [-0.05, 0) is 51.8 Å². The smallest absolute Gasteiger partial charge is 0.270 e. The molecule has 0 saturated carbocycles. The van der Waals surface area contributed by atoms with Crippen LogP contribution in [0.25, 0.3) is 0 Å². The van der Waals surface area contributed by atoms with E-state index in [-0.39, 0.29) is 30.0 Å². The van der Waals surface area contributed by atoms with Crippen LogP contribution < -0.4 is 15.6 Å². The average molecular weight is 488 g/mol. The summed E-state index contributed by atoms with van der Waals surface area (Å²) >= 11 is 3.18. The van der Waals surface area contributed by atoms with Gasteiger partial charge in [-0.25, -0.2) is 17.5 Å². The van der Waals surface area contributed by atoms with Crippen molar-refractivity contribution in [2.24, 2.45) is 0 Å². The minimum absolute atomic E-state index is 0.0155. The van der Waals surface area contributed by atoms with Gasteiger partial charge in [-0.1, -0.05) is 12.1 Å². The van der Waals surface area contributed by atoms with Crippen LogP contribution in [-0.4, -0.2) is 40.5 Å². The summed E-state index contributed by atoms with van der Waals surface area (Å²) in [5.74, 6) is -1.65. The van der Waals surface area contributed by atoms with Crippen molar-refractivity contribution < 1.29 is 27.1 Å². The summed E-state index contributed by atoms with van der Waals surface area (Å²) in [5.41, 5.74) is 5.04. The molecule has 0 atom stereocenters. The number of methoxy groups -OCH3 is 1. The summed E-state index contributed by atoms with van der Waals surface area (Å²) in [4.78, 5) is 24.2. The maximum atomic E-state index is 12.9. The van der Waals surface area contributed by atoms with Gasteiger partial charge in [0, 0.05) is 18.1 Å². The van der Waals surface area contributed by atoms with E-state index in [0.29, 0.717) is 10.0 Å². The lowest BCUT2D eigenvalue weighted by atomic mass is 10.1. The first-order valence-electron chi connectivity index (χ1n) is 8.34. The molecule has 0 aromatic heterocycles. The van der Waals surface area contributed by atoms with Gasteiger partial charge in [0.2, 0.25) is 15.9 Å². The van der Waals surface area contributed by atoms with E-state index in [0.717, 1.165) is 0 Å². The molecule has 0 spiro atoms. The highest BCUT2D eigenvalue weighted by molar-refractivity contribution is 9.10. The minimum Gasteiger partial charge on any atom is -0.383 e. The van der Waals surface area contributed by atoms with Crippen molar-refractivity contribution in [3.63, 3.8) is 0 Å². The Morgan fingerprint density at radius 1 is 1.10 bits per heavy atom. The summed E-state index contributed by atoms with van der Waals surface area (Å²) in [5, 5.41) is 0. The van der Waals surface area contributed by atoms with Gasteiger partial charge in [-0.2, -0.15) is 0 Å². The third-order valence-corrected chi connectivity index (χ3v) is 5.83. The van der Waals surface area contributed by atoms with E-state index in [1.807, 2.05) is 0 Å². The molecule has 0 unspecified atom stereocenters. The van der Waals surface area contributed by atoms with Crippen molar-refractivity contribution in [3.05, 3.63) is 63.9 Å². The van der Waals surface area contributed by atoms with E-state index < -0.39 is 27.7 Å². The SMILES string of the molecule is COCCNS(=O)(=O)c1ccc(Br)c(C(=O)NNC(=O)Cc2ccc(F)cc2)c1. The van der Waals surface area contributed by atoms with Gasteiger partial charge in [0.05, 0.1) is 23.5 Å². The molecule has 8 nitrogen and oxygen atoms in total. The molecule has 0 saturated heterocycles. The number of nitrogens with one attached hydrogen (secondary N) is 3. The Hall–Kier alpha value is -2.34. The quantitative estimate of drug-likeness (QED) is 0.385. The molecule has 0 heterocycles. The maximum Gasteiger partial charge on any atom is 0.270 e. The average Bonchev–Trinajstić information content (AvgIpc) is 2.68. The molecular weight excluding hydrogens is 469 g/mol. The molecule has 11 heteroatoms. The van der Waals surface area contributed by atoms with Crippen LogP contribution in [0.3, 0.4) is 0 Å². The molecule has 0 radical (unpaired) electrons. The van der Waals surface area contributed by atoms with Gasteiger partial charge in [0.15, 0.2) is 0 Å². The number of carbonyl (C=O) groups is 2. The predicted molar refractivity (Wildman–Crippen MR) is 107 cm³/mol. The summed E-state index contributed by atoms with van der Waals surface area (Å²) in [6.45, 7) is 0.277. The van der Waals surface area contributed by atoms with E-state index in [4.69, 9.17) is 4.74 Å². The lowest BCUT2D eigenvalue weighted by molar-refractivity contribution is -0.121. The molecular formula is C18H19BrFN3O5S. The number of carbonyl (C=O) groups excluding carboxylic acids is 2. The first-order chi connectivity index (χ1) is 13.7. The van der Waals surface area contributed by atoms with Crippen LogP contribution in [0.1, 0.15) is 15.9 Å². The second-order valence-electron chi connectivity index (χ2n) is 5.84. The molecule has 2 aromatic carbocycles. The maximum absolute atomic E-state index is 12.9. The number of hydrogen-bond donors (Lipinski definition) is 3. The number of amides is 2. The van der Waals surface area contributed by atoms with Crippen molar-refractivity contribution in [2.75, 3.05) is 20.3 Å². The van der Waals surface area contributed by atoms with Crippen LogP contribution in [0, 0.1) is 5.82 Å². The number of hydrazine groups is 1. The zero-order chi connectivity index (χ0) is 21.4. The molecule has 3 N–H and O–H groups in total. The number of hydrogen-bond acceptors (Lipinski definition) is 5. The highest BCUT2D eigenvalue weighted by Crippen LogP contribution is 2.21. The van der Waals surface area contributed by atoms with Crippen molar-refractivity contribution in [1.82, 2.24) is 15.6 Å². The molecule has 2 amide bonds. The van der Waals surface area contributed by atoms with Crippen LogP contribution in [0.5, 0.6) is 0 Å². The minimum atomic E-state index is -3.83. The summed E-state index contributed by atoms with van der Waals surface area (Å²) in [6, 6.07) is 9.30. The van der Waals surface area contributed by atoms with Crippen molar-refractivity contribution in [1.29, 1.82) is 0 Å². The van der Waals surface area contributed by atoms with E-state index in [9.17, 15) is 22.4 Å². The van der Waals surface area contributed by atoms with Crippen LogP contribution in [0.15, 0.2) is 51.8 Å². The predicted octanol–water partition coefficient (Wildman–Crippen LogP) is 1.52. The lowest BCUT2D eigenvalue weighted by Crippen LogP contribution is -2.42. The van der Waals surface area contributed by atoms with E-state index in [2.05, 4.69) is 31.5 Å². The van der Waals surface area contributed by atoms with Gasteiger partial charge in [-0.15, -0.1) is 0 Å². The highest BCUT2D eigenvalue weighted by Gasteiger charge is 2.18. The Balaban J connectivity index is 2.02. The molecule has 0 aliphatic rings. The Kier molecular flexibility index (Phi) is 8.26. The van der Waals surface area contributed by atoms with Crippen molar-refractivity contribution in [2.45, 2.75) is 11.3 Å². The largest absolute Gasteiger partial charge is 0.383 e. The van der Waals surface area contributed by atoms with Gasteiger partial charge in [0.1, 0.15) is 5.82 Å². The van der Waals surface area contributed by atoms with Crippen LogP contribution >= 0.6 is 15.9 Å². The summed E-state index contributed by atoms with van der Waals surface area (Å²) in [7, 11) is -2.38. The van der Waals surface area contributed by atoms with Gasteiger partial charge in [-0.3, -0.25) is 20.4 Å². The van der Waals surface area contributed by atoms with Crippen molar-refractivity contribution in [3.8, 4) is 0 Å². The fourth-order valence-electron chi connectivity index (χ4n) is 2.23.